The molecule has 1 N–H and O–H groups in total. The van der Waals surface area contributed by atoms with E-state index in [9.17, 15) is 9.59 Å². The van der Waals surface area contributed by atoms with Crippen molar-refractivity contribution in [2.24, 2.45) is 5.92 Å². The summed E-state index contributed by atoms with van der Waals surface area (Å²) in [7, 11) is 0. The molecular formula is C14H24N2O3. The van der Waals surface area contributed by atoms with Crippen LogP contribution in [0.5, 0.6) is 0 Å². The molecule has 0 aliphatic carbocycles. The van der Waals surface area contributed by atoms with E-state index in [0.717, 1.165) is 12.8 Å². The SMILES string of the molecule is CC1C(C(=O)O)CCN1C(=O)N1[C@H](C)CCC[C@@H]1C. The Morgan fingerprint density at radius 3 is 2.11 bits per heavy atom. The Balaban J connectivity index is 2.09. The molecule has 2 saturated heterocycles. The lowest BCUT2D eigenvalue weighted by atomic mass is 9.98. The maximum absolute atomic E-state index is 12.7. The molecule has 2 fully saturated rings. The van der Waals surface area contributed by atoms with Crippen LogP contribution in [0.15, 0.2) is 0 Å². The van der Waals surface area contributed by atoms with Gasteiger partial charge in [-0.25, -0.2) is 4.79 Å². The van der Waals surface area contributed by atoms with Crippen molar-refractivity contribution in [3.05, 3.63) is 0 Å². The van der Waals surface area contributed by atoms with Gasteiger partial charge in [0.15, 0.2) is 0 Å². The maximum atomic E-state index is 12.7. The minimum Gasteiger partial charge on any atom is -0.481 e. The molecule has 5 heteroatoms. The fourth-order valence-corrected chi connectivity index (χ4v) is 3.49. The third-order valence-corrected chi connectivity index (χ3v) is 4.73. The van der Waals surface area contributed by atoms with Gasteiger partial charge in [0.2, 0.25) is 0 Å². The number of carbonyl (C=O) groups excluding carboxylic acids is 1. The molecule has 0 aromatic rings. The monoisotopic (exact) mass is 268 g/mol. The van der Waals surface area contributed by atoms with Crippen molar-refractivity contribution in [3.8, 4) is 0 Å². The molecule has 2 amide bonds. The number of amides is 2. The predicted octanol–water partition coefficient (Wildman–Crippen LogP) is 2.16. The van der Waals surface area contributed by atoms with Crippen LogP contribution in [0.1, 0.15) is 46.5 Å². The minimum atomic E-state index is -0.789. The van der Waals surface area contributed by atoms with Gasteiger partial charge in [0.1, 0.15) is 0 Å². The number of piperidine rings is 1. The molecule has 0 spiro atoms. The lowest BCUT2D eigenvalue weighted by Crippen LogP contribution is -2.54. The summed E-state index contributed by atoms with van der Waals surface area (Å²) in [5.41, 5.74) is 0. The number of hydrogen-bond donors (Lipinski definition) is 1. The summed E-state index contributed by atoms with van der Waals surface area (Å²) in [4.78, 5) is 27.5. The van der Waals surface area contributed by atoms with Crippen molar-refractivity contribution in [1.82, 2.24) is 9.80 Å². The summed E-state index contributed by atoms with van der Waals surface area (Å²) >= 11 is 0. The topological polar surface area (TPSA) is 60.9 Å². The first-order valence-corrected chi connectivity index (χ1v) is 7.25. The van der Waals surface area contributed by atoms with Gasteiger partial charge in [-0.05, 0) is 46.5 Å². The number of hydrogen-bond acceptors (Lipinski definition) is 2. The van der Waals surface area contributed by atoms with Crippen molar-refractivity contribution in [3.63, 3.8) is 0 Å². The highest BCUT2D eigenvalue weighted by Gasteiger charge is 2.41. The fraction of sp³-hybridized carbons (Fsp3) is 0.857. The molecule has 2 aliphatic rings. The van der Waals surface area contributed by atoms with Crippen molar-refractivity contribution in [2.75, 3.05) is 6.54 Å². The van der Waals surface area contributed by atoms with Gasteiger partial charge in [-0.2, -0.15) is 0 Å². The summed E-state index contributed by atoms with van der Waals surface area (Å²) in [5.74, 6) is -1.21. The van der Waals surface area contributed by atoms with E-state index in [0.29, 0.717) is 13.0 Å². The van der Waals surface area contributed by atoms with Gasteiger partial charge in [0.25, 0.3) is 0 Å². The van der Waals surface area contributed by atoms with Crippen molar-refractivity contribution >= 4 is 12.0 Å². The average Bonchev–Trinajstić information content (AvgIpc) is 2.70. The van der Waals surface area contributed by atoms with Gasteiger partial charge >= 0.3 is 12.0 Å². The molecule has 2 unspecified atom stereocenters. The maximum Gasteiger partial charge on any atom is 0.320 e. The first kappa shape index (κ1) is 14.2. The van der Waals surface area contributed by atoms with Gasteiger partial charge in [-0.1, -0.05) is 0 Å². The molecular weight excluding hydrogens is 244 g/mol. The summed E-state index contributed by atoms with van der Waals surface area (Å²) in [6.07, 6.45) is 3.82. The molecule has 0 aromatic carbocycles. The Bertz CT molecular complexity index is 362. The van der Waals surface area contributed by atoms with Gasteiger partial charge < -0.3 is 14.9 Å². The molecule has 5 nitrogen and oxygen atoms in total. The minimum absolute atomic E-state index is 0.0240. The van der Waals surface area contributed by atoms with E-state index in [1.807, 2.05) is 11.8 Å². The molecule has 0 radical (unpaired) electrons. The van der Waals surface area contributed by atoms with E-state index in [1.54, 1.807) is 4.90 Å². The normalized spacial score (nSPS) is 35.5. The summed E-state index contributed by atoms with van der Waals surface area (Å²) < 4.78 is 0. The second-order valence-corrected chi connectivity index (χ2v) is 5.99. The Labute approximate surface area is 114 Å². The molecule has 19 heavy (non-hydrogen) atoms. The second kappa shape index (κ2) is 5.39. The van der Waals surface area contributed by atoms with Crippen LogP contribution in [0.4, 0.5) is 4.79 Å². The third-order valence-electron chi connectivity index (χ3n) is 4.73. The Kier molecular flexibility index (Phi) is 4.02. The van der Waals surface area contributed by atoms with Gasteiger partial charge in [-0.3, -0.25) is 4.79 Å². The van der Waals surface area contributed by atoms with Crippen molar-refractivity contribution in [2.45, 2.75) is 64.6 Å². The number of carboxylic acids is 1. The molecule has 4 atom stereocenters. The van der Waals surface area contributed by atoms with Gasteiger partial charge in [-0.15, -0.1) is 0 Å². The van der Waals surface area contributed by atoms with Crippen LogP contribution in [0.3, 0.4) is 0 Å². The number of aliphatic carboxylic acids is 1. The molecule has 108 valence electrons. The van der Waals surface area contributed by atoms with Crippen LogP contribution < -0.4 is 0 Å². The van der Waals surface area contributed by atoms with Crippen molar-refractivity contribution in [1.29, 1.82) is 0 Å². The first-order chi connectivity index (χ1) is 8.93. The molecule has 2 rings (SSSR count). The highest BCUT2D eigenvalue weighted by atomic mass is 16.4. The van der Waals surface area contributed by atoms with E-state index in [4.69, 9.17) is 5.11 Å². The standard InChI is InChI=1S/C14H24N2O3/c1-9-5-4-6-10(2)16(9)14(19)15-8-7-12(11(15)3)13(17)18/h9-12H,4-8H2,1-3H3,(H,17,18)/t9-,10+,11?,12?. The number of urea groups is 1. The zero-order chi connectivity index (χ0) is 14.2. The zero-order valence-corrected chi connectivity index (χ0v) is 12.0. The van der Waals surface area contributed by atoms with Crippen LogP contribution in [-0.2, 0) is 4.79 Å². The summed E-state index contributed by atoms with van der Waals surface area (Å²) in [6.45, 7) is 6.59. The quantitative estimate of drug-likeness (QED) is 0.792. The van der Waals surface area contributed by atoms with E-state index in [-0.39, 0.29) is 24.2 Å². The lowest BCUT2D eigenvalue weighted by Gasteiger charge is -2.42. The number of rotatable bonds is 1. The predicted molar refractivity (Wildman–Crippen MR) is 71.9 cm³/mol. The largest absolute Gasteiger partial charge is 0.481 e. The second-order valence-electron chi connectivity index (χ2n) is 5.99. The lowest BCUT2D eigenvalue weighted by molar-refractivity contribution is -0.142. The molecule has 0 bridgehead atoms. The van der Waals surface area contributed by atoms with E-state index >= 15 is 0 Å². The van der Waals surface area contributed by atoms with Gasteiger partial charge in [0, 0.05) is 24.7 Å². The van der Waals surface area contributed by atoms with E-state index in [1.165, 1.54) is 6.42 Å². The number of nitrogens with zero attached hydrogens (tertiary/aromatic N) is 2. The Morgan fingerprint density at radius 2 is 1.63 bits per heavy atom. The van der Waals surface area contributed by atoms with Crippen LogP contribution in [0.2, 0.25) is 0 Å². The van der Waals surface area contributed by atoms with Crippen LogP contribution >= 0.6 is 0 Å². The highest BCUT2D eigenvalue weighted by Crippen LogP contribution is 2.29. The molecule has 2 aliphatic heterocycles. The van der Waals surface area contributed by atoms with Crippen LogP contribution in [0, 0.1) is 5.92 Å². The third kappa shape index (κ3) is 2.55. The number of carbonyl (C=O) groups is 2. The average molecular weight is 268 g/mol. The smallest absolute Gasteiger partial charge is 0.320 e. The molecule has 0 aromatic heterocycles. The zero-order valence-electron chi connectivity index (χ0n) is 12.0. The van der Waals surface area contributed by atoms with Crippen molar-refractivity contribution < 1.29 is 14.7 Å². The first-order valence-electron chi connectivity index (χ1n) is 7.25. The Hall–Kier alpha value is -1.26. The van der Waals surface area contributed by atoms with Crippen LogP contribution in [0.25, 0.3) is 0 Å². The molecule has 0 saturated carbocycles. The molecule has 2 heterocycles. The summed E-state index contributed by atoms with van der Waals surface area (Å²) in [6, 6.07) is 0.335. The van der Waals surface area contributed by atoms with Crippen LogP contribution in [-0.4, -0.2) is 51.6 Å². The summed E-state index contributed by atoms with van der Waals surface area (Å²) in [5, 5.41) is 9.15. The van der Waals surface area contributed by atoms with E-state index in [2.05, 4.69) is 13.8 Å². The number of carboxylic acid groups (broad SMARTS) is 1. The number of likely N-dealkylation sites (tertiary alicyclic amines) is 2. The van der Waals surface area contributed by atoms with E-state index < -0.39 is 11.9 Å². The van der Waals surface area contributed by atoms with Gasteiger partial charge in [0.05, 0.1) is 5.92 Å². The Morgan fingerprint density at radius 1 is 1.05 bits per heavy atom. The highest BCUT2D eigenvalue weighted by molar-refractivity contribution is 5.78. The fourth-order valence-electron chi connectivity index (χ4n) is 3.49.